The van der Waals surface area contributed by atoms with Crippen molar-refractivity contribution in [2.75, 3.05) is 0 Å². The smallest absolute Gasteiger partial charge is 0.306 e. The molecule has 0 saturated carbocycles. The molecule has 1 amide bonds. The lowest BCUT2D eigenvalue weighted by molar-refractivity contribution is -0.147. The van der Waals surface area contributed by atoms with Gasteiger partial charge in [0, 0.05) is 12.3 Å². The van der Waals surface area contributed by atoms with Crippen molar-refractivity contribution in [2.24, 2.45) is 11.8 Å². The third-order valence-electron chi connectivity index (χ3n) is 2.37. The van der Waals surface area contributed by atoms with Gasteiger partial charge in [0.25, 0.3) is 0 Å². The lowest BCUT2D eigenvalue weighted by atomic mass is 9.88. The van der Waals surface area contributed by atoms with Gasteiger partial charge in [0.1, 0.15) is 5.60 Å². The van der Waals surface area contributed by atoms with E-state index in [2.05, 4.69) is 0 Å². The largest absolute Gasteiger partial charge is 0.459 e. The van der Waals surface area contributed by atoms with Crippen LogP contribution in [0.15, 0.2) is 0 Å². The molecule has 5 nitrogen and oxygen atoms in total. The van der Waals surface area contributed by atoms with E-state index in [9.17, 15) is 9.59 Å². The van der Waals surface area contributed by atoms with Gasteiger partial charge in [-0.3, -0.25) is 15.0 Å². The van der Waals surface area contributed by atoms with Crippen LogP contribution in [-0.2, 0) is 14.3 Å². The van der Waals surface area contributed by atoms with Crippen LogP contribution in [0.5, 0.6) is 0 Å². The first-order chi connectivity index (χ1) is 5.95. The third-order valence-corrected chi connectivity index (χ3v) is 2.37. The third kappa shape index (κ3) is 2.18. The number of hydrazine groups is 1. The highest BCUT2D eigenvalue weighted by molar-refractivity contribution is 5.78. The number of hydrogen-bond donors (Lipinski definition) is 2. The zero-order chi connectivity index (χ0) is 10.1. The molecule has 3 N–H and O–H groups in total. The number of esters is 1. The van der Waals surface area contributed by atoms with E-state index < -0.39 is 5.60 Å². The molecule has 1 saturated heterocycles. The highest BCUT2D eigenvalue weighted by Gasteiger charge is 2.42. The molecular weight excluding hydrogens is 172 g/mol. The van der Waals surface area contributed by atoms with Crippen molar-refractivity contribution in [2.45, 2.75) is 32.3 Å². The molecule has 1 aliphatic heterocycles. The van der Waals surface area contributed by atoms with Crippen molar-refractivity contribution >= 4 is 11.9 Å². The van der Waals surface area contributed by atoms with Crippen molar-refractivity contribution < 1.29 is 14.3 Å². The van der Waals surface area contributed by atoms with Gasteiger partial charge in [-0.05, 0) is 13.8 Å². The molecule has 1 rings (SSSR count). The Kier molecular flexibility index (Phi) is 2.56. The molecule has 1 heterocycles. The fourth-order valence-corrected chi connectivity index (χ4v) is 1.47. The Hall–Kier alpha value is -1.10. The Labute approximate surface area is 76.6 Å². The molecule has 1 atom stereocenters. The maximum Gasteiger partial charge on any atom is 0.306 e. The van der Waals surface area contributed by atoms with E-state index in [1.165, 1.54) is 0 Å². The van der Waals surface area contributed by atoms with Crippen molar-refractivity contribution in [1.82, 2.24) is 5.43 Å². The fraction of sp³-hybridized carbons (Fsp3) is 0.750. The Morgan fingerprint density at radius 2 is 2.38 bits per heavy atom. The van der Waals surface area contributed by atoms with E-state index in [1.54, 1.807) is 13.8 Å². The van der Waals surface area contributed by atoms with Gasteiger partial charge in [-0.25, -0.2) is 5.84 Å². The van der Waals surface area contributed by atoms with E-state index in [4.69, 9.17) is 10.6 Å². The van der Waals surface area contributed by atoms with Crippen molar-refractivity contribution in [3.05, 3.63) is 0 Å². The molecule has 74 valence electrons. The second-order valence-corrected chi connectivity index (χ2v) is 3.75. The number of cyclic esters (lactones) is 1. The zero-order valence-electron chi connectivity index (χ0n) is 7.79. The van der Waals surface area contributed by atoms with Crippen LogP contribution < -0.4 is 11.3 Å². The maximum absolute atomic E-state index is 11.0. The van der Waals surface area contributed by atoms with Gasteiger partial charge in [-0.2, -0.15) is 0 Å². The summed E-state index contributed by atoms with van der Waals surface area (Å²) < 4.78 is 5.05. The molecule has 0 aromatic rings. The number of ether oxygens (including phenoxy) is 1. The number of carbonyl (C=O) groups is 2. The summed E-state index contributed by atoms with van der Waals surface area (Å²) in [6, 6.07) is 0. The number of nitrogens with one attached hydrogen (secondary N) is 1. The molecule has 0 aromatic heterocycles. The summed E-state index contributed by atoms with van der Waals surface area (Å²) in [5.74, 6) is 4.35. The molecular formula is C8H14N2O3. The number of nitrogens with two attached hydrogens (primary N) is 1. The van der Waals surface area contributed by atoms with Crippen molar-refractivity contribution in [1.29, 1.82) is 0 Å². The van der Waals surface area contributed by atoms with Crippen LogP contribution >= 0.6 is 0 Å². The summed E-state index contributed by atoms with van der Waals surface area (Å²) in [6.07, 6.45) is 0.523. The minimum absolute atomic E-state index is 0.0800. The average molecular weight is 186 g/mol. The number of amides is 1. The summed E-state index contributed by atoms with van der Waals surface area (Å²) in [6.45, 7) is 3.60. The first-order valence-corrected chi connectivity index (χ1v) is 4.17. The Balaban J connectivity index is 2.60. The molecule has 0 aliphatic carbocycles. The number of rotatable bonds is 2. The highest BCUT2D eigenvalue weighted by Crippen LogP contribution is 2.34. The summed E-state index contributed by atoms with van der Waals surface area (Å²) in [5, 5.41) is 0. The quantitative estimate of drug-likeness (QED) is 0.269. The van der Waals surface area contributed by atoms with Crippen LogP contribution in [0, 0.1) is 5.92 Å². The first-order valence-electron chi connectivity index (χ1n) is 4.17. The number of hydrogen-bond acceptors (Lipinski definition) is 4. The predicted octanol–water partition coefficient (Wildman–Crippen LogP) is -0.292. The second-order valence-electron chi connectivity index (χ2n) is 3.75. The maximum atomic E-state index is 11.0. The molecule has 0 aromatic carbocycles. The van der Waals surface area contributed by atoms with Gasteiger partial charge in [-0.1, -0.05) is 0 Å². The van der Waals surface area contributed by atoms with E-state index >= 15 is 0 Å². The summed E-state index contributed by atoms with van der Waals surface area (Å²) in [7, 11) is 0. The van der Waals surface area contributed by atoms with Gasteiger partial charge in [0.15, 0.2) is 0 Å². The molecule has 13 heavy (non-hydrogen) atoms. The minimum atomic E-state index is -0.552. The van der Waals surface area contributed by atoms with E-state index in [-0.39, 0.29) is 24.2 Å². The fourth-order valence-electron chi connectivity index (χ4n) is 1.47. The summed E-state index contributed by atoms with van der Waals surface area (Å²) in [4.78, 5) is 21.9. The minimum Gasteiger partial charge on any atom is -0.459 e. The Morgan fingerprint density at radius 3 is 2.77 bits per heavy atom. The van der Waals surface area contributed by atoms with Gasteiger partial charge in [0.05, 0.1) is 6.42 Å². The van der Waals surface area contributed by atoms with Crippen LogP contribution in [0.2, 0.25) is 0 Å². The highest BCUT2D eigenvalue weighted by atomic mass is 16.6. The van der Waals surface area contributed by atoms with E-state index in [1.807, 2.05) is 5.43 Å². The molecule has 0 radical (unpaired) electrons. The van der Waals surface area contributed by atoms with Gasteiger partial charge in [0.2, 0.25) is 5.91 Å². The van der Waals surface area contributed by atoms with Crippen LogP contribution in [0.3, 0.4) is 0 Å². The topological polar surface area (TPSA) is 81.4 Å². The normalized spacial score (nSPS) is 25.5. The van der Waals surface area contributed by atoms with Gasteiger partial charge >= 0.3 is 5.97 Å². The van der Waals surface area contributed by atoms with Crippen LogP contribution in [-0.4, -0.2) is 17.5 Å². The van der Waals surface area contributed by atoms with Crippen LogP contribution in [0.25, 0.3) is 0 Å². The number of carbonyl (C=O) groups excluding carboxylic acids is 2. The first kappa shape index (κ1) is 9.98. The lowest BCUT2D eigenvalue weighted by Gasteiger charge is -2.23. The molecule has 0 unspecified atom stereocenters. The average Bonchev–Trinajstić information content (AvgIpc) is 2.24. The van der Waals surface area contributed by atoms with Crippen LogP contribution in [0.4, 0.5) is 0 Å². The van der Waals surface area contributed by atoms with Gasteiger partial charge < -0.3 is 4.74 Å². The molecule has 1 fully saturated rings. The summed E-state index contributed by atoms with van der Waals surface area (Å²) >= 11 is 0. The Morgan fingerprint density at radius 1 is 1.77 bits per heavy atom. The molecule has 1 aliphatic rings. The van der Waals surface area contributed by atoms with Crippen LogP contribution in [0.1, 0.15) is 26.7 Å². The predicted molar refractivity (Wildman–Crippen MR) is 45.2 cm³/mol. The monoisotopic (exact) mass is 186 g/mol. The SMILES string of the molecule is CC1(C)OC(=O)C[C@@H]1CC(=O)NN. The Bertz CT molecular complexity index is 238. The molecule has 0 bridgehead atoms. The lowest BCUT2D eigenvalue weighted by Crippen LogP contribution is -2.36. The zero-order valence-corrected chi connectivity index (χ0v) is 7.79. The van der Waals surface area contributed by atoms with E-state index in [0.29, 0.717) is 6.42 Å². The molecule has 5 heteroatoms. The van der Waals surface area contributed by atoms with E-state index in [0.717, 1.165) is 0 Å². The standard InChI is InChI=1S/C8H14N2O3/c1-8(2)5(3-6(11)10-9)4-7(12)13-8/h5H,3-4,9H2,1-2H3,(H,10,11)/t5-/m0/s1. The second kappa shape index (κ2) is 3.33. The van der Waals surface area contributed by atoms with Crippen molar-refractivity contribution in [3.63, 3.8) is 0 Å². The van der Waals surface area contributed by atoms with Gasteiger partial charge in [-0.15, -0.1) is 0 Å². The molecule has 0 spiro atoms. The van der Waals surface area contributed by atoms with Crippen molar-refractivity contribution in [3.8, 4) is 0 Å². The summed E-state index contributed by atoms with van der Waals surface area (Å²) in [5.41, 5.74) is 1.49.